The van der Waals surface area contributed by atoms with Crippen LogP contribution >= 0.6 is 0 Å². The van der Waals surface area contributed by atoms with Crippen LogP contribution in [0, 0.1) is 0 Å². The van der Waals surface area contributed by atoms with Crippen LogP contribution < -0.4 is 0 Å². The molecule has 1 aliphatic heterocycles. The lowest BCUT2D eigenvalue weighted by atomic mass is 10.0. The van der Waals surface area contributed by atoms with Gasteiger partial charge in [-0.2, -0.15) is 4.99 Å². The zero-order chi connectivity index (χ0) is 12.9. The first-order chi connectivity index (χ1) is 7.92. The average Bonchev–Trinajstić information content (AvgIpc) is 2.24. The molecule has 0 radical (unpaired) electrons. The molecule has 0 aliphatic carbocycles. The van der Waals surface area contributed by atoms with Crippen molar-refractivity contribution in [1.29, 1.82) is 0 Å². The predicted octanol–water partition coefficient (Wildman–Crippen LogP) is 1.80. The molecule has 1 saturated heterocycles. The van der Waals surface area contributed by atoms with E-state index in [1.54, 1.807) is 20.8 Å². The number of piperidine rings is 1. The van der Waals surface area contributed by atoms with Gasteiger partial charge in [0.25, 0.3) is 0 Å². The van der Waals surface area contributed by atoms with Gasteiger partial charge in [-0.15, -0.1) is 0 Å². The van der Waals surface area contributed by atoms with Crippen LogP contribution in [0.4, 0.5) is 4.79 Å². The number of hydrogen-bond acceptors (Lipinski definition) is 3. The van der Waals surface area contributed by atoms with E-state index in [1.165, 1.54) is 6.34 Å². The van der Waals surface area contributed by atoms with Gasteiger partial charge in [0.15, 0.2) is 0 Å². The smallest absolute Gasteiger partial charge is 0.435 e. The average molecular weight is 242 g/mol. The maximum atomic E-state index is 11.4. The number of carbonyl (C=O) groups is 1. The lowest BCUT2D eigenvalue weighted by Gasteiger charge is -2.32. The molecule has 17 heavy (non-hydrogen) atoms. The number of hydrogen-bond donors (Lipinski definition) is 1. The van der Waals surface area contributed by atoms with Crippen LogP contribution in [0.5, 0.6) is 0 Å². The molecular formula is C12H22N2O3. The fraction of sp³-hybridized carbons (Fsp3) is 0.833. The standard InChI is InChI=1S/C12H22N2O3/c1-12(2,3)17-11(16)13-9-14-7-5-4-6-10(14)8-15/h9-10,15H,4-8H2,1-3H3. The van der Waals surface area contributed by atoms with Gasteiger partial charge in [-0.1, -0.05) is 0 Å². The van der Waals surface area contributed by atoms with Crippen molar-refractivity contribution in [3.05, 3.63) is 0 Å². The molecule has 0 bridgehead atoms. The Morgan fingerprint density at radius 3 is 2.82 bits per heavy atom. The number of likely N-dealkylation sites (tertiary alicyclic amines) is 1. The Morgan fingerprint density at radius 2 is 2.24 bits per heavy atom. The van der Waals surface area contributed by atoms with E-state index in [1.807, 2.05) is 4.90 Å². The molecular weight excluding hydrogens is 220 g/mol. The Kier molecular flexibility index (Phi) is 4.93. The zero-order valence-corrected chi connectivity index (χ0v) is 10.8. The van der Waals surface area contributed by atoms with Gasteiger partial charge in [0.1, 0.15) is 5.60 Å². The number of ether oxygens (including phenoxy) is 1. The summed E-state index contributed by atoms with van der Waals surface area (Å²) in [6.07, 6.45) is 4.03. The molecule has 0 spiro atoms. The van der Waals surface area contributed by atoms with Crippen molar-refractivity contribution in [1.82, 2.24) is 4.90 Å². The number of nitrogens with zero attached hydrogens (tertiary/aromatic N) is 2. The quantitative estimate of drug-likeness (QED) is 0.592. The highest BCUT2D eigenvalue weighted by Crippen LogP contribution is 2.15. The SMILES string of the molecule is CC(C)(C)OC(=O)N=CN1CCCCC1CO. The molecule has 1 aliphatic rings. The second kappa shape index (κ2) is 6.00. The van der Waals surface area contributed by atoms with Gasteiger partial charge in [0.05, 0.1) is 19.0 Å². The second-order valence-electron chi connectivity index (χ2n) is 5.29. The molecule has 0 saturated carbocycles. The van der Waals surface area contributed by atoms with Crippen molar-refractivity contribution in [3.8, 4) is 0 Å². The normalized spacial score (nSPS) is 21.9. The number of rotatable bonds is 2. The van der Waals surface area contributed by atoms with Crippen LogP contribution in [0.15, 0.2) is 4.99 Å². The van der Waals surface area contributed by atoms with Crippen molar-refractivity contribution >= 4 is 12.4 Å². The topological polar surface area (TPSA) is 62.1 Å². The van der Waals surface area contributed by atoms with E-state index >= 15 is 0 Å². The second-order valence-corrected chi connectivity index (χ2v) is 5.29. The summed E-state index contributed by atoms with van der Waals surface area (Å²) in [4.78, 5) is 17.1. The minimum atomic E-state index is -0.584. The summed E-state index contributed by atoms with van der Waals surface area (Å²) in [6, 6.07) is 0.0786. The highest BCUT2D eigenvalue weighted by Gasteiger charge is 2.20. The first-order valence-electron chi connectivity index (χ1n) is 6.06. The van der Waals surface area contributed by atoms with E-state index in [2.05, 4.69) is 4.99 Å². The van der Waals surface area contributed by atoms with Gasteiger partial charge in [0.2, 0.25) is 0 Å². The monoisotopic (exact) mass is 242 g/mol. The number of carbonyl (C=O) groups excluding carboxylic acids is 1. The van der Waals surface area contributed by atoms with Gasteiger partial charge in [0, 0.05) is 6.54 Å². The summed E-state index contributed by atoms with van der Waals surface area (Å²) >= 11 is 0. The largest absolute Gasteiger partial charge is 0.442 e. The highest BCUT2D eigenvalue weighted by atomic mass is 16.6. The molecule has 1 rings (SSSR count). The highest BCUT2D eigenvalue weighted by molar-refractivity contribution is 5.78. The lowest BCUT2D eigenvalue weighted by molar-refractivity contribution is 0.0600. The van der Waals surface area contributed by atoms with Crippen molar-refractivity contribution < 1.29 is 14.6 Å². The molecule has 1 amide bonds. The van der Waals surface area contributed by atoms with Crippen LogP contribution in [-0.4, -0.2) is 47.2 Å². The third kappa shape index (κ3) is 5.17. The van der Waals surface area contributed by atoms with Gasteiger partial charge in [-0.3, -0.25) is 0 Å². The Hall–Kier alpha value is -1.10. The van der Waals surface area contributed by atoms with Crippen LogP contribution in [0.1, 0.15) is 40.0 Å². The maximum absolute atomic E-state index is 11.4. The lowest BCUT2D eigenvalue weighted by Crippen LogP contribution is -2.41. The minimum absolute atomic E-state index is 0.0786. The van der Waals surface area contributed by atoms with E-state index in [9.17, 15) is 9.90 Å². The Morgan fingerprint density at radius 1 is 1.53 bits per heavy atom. The first-order valence-corrected chi connectivity index (χ1v) is 6.06. The Bertz CT molecular complexity index is 284. The van der Waals surface area contributed by atoms with E-state index < -0.39 is 11.7 Å². The summed E-state index contributed by atoms with van der Waals surface area (Å²) in [7, 11) is 0. The molecule has 0 aromatic heterocycles. The molecule has 1 N–H and O–H groups in total. The summed E-state index contributed by atoms with van der Waals surface area (Å²) in [5.41, 5.74) is -0.521. The third-order valence-electron chi connectivity index (χ3n) is 2.59. The number of aliphatic hydroxyl groups is 1. The number of aliphatic imine (C=N–C) groups is 1. The van der Waals surface area contributed by atoms with Gasteiger partial charge >= 0.3 is 6.09 Å². The van der Waals surface area contributed by atoms with Gasteiger partial charge in [-0.05, 0) is 40.0 Å². The van der Waals surface area contributed by atoms with E-state index in [4.69, 9.17) is 4.74 Å². The molecule has 98 valence electrons. The van der Waals surface area contributed by atoms with E-state index in [-0.39, 0.29) is 12.6 Å². The van der Waals surface area contributed by atoms with Crippen molar-refractivity contribution in [2.24, 2.45) is 4.99 Å². The molecule has 1 fully saturated rings. The predicted molar refractivity (Wildman–Crippen MR) is 66.2 cm³/mol. The van der Waals surface area contributed by atoms with Crippen molar-refractivity contribution in [3.63, 3.8) is 0 Å². The molecule has 0 aromatic carbocycles. The molecule has 5 heteroatoms. The maximum Gasteiger partial charge on any atom is 0.435 e. The molecule has 1 unspecified atom stereocenters. The van der Waals surface area contributed by atoms with Gasteiger partial charge < -0.3 is 14.7 Å². The first kappa shape index (κ1) is 14.0. The Balaban J connectivity index is 2.48. The third-order valence-corrected chi connectivity index (χ3v) is 2.59. The minimum Gasteiger partial charge on any atom is -0.442 e. The summed E-state index contributed by atoms with van der Waals surface area (Å²) in [5.74, 6) is 0. The summed E-state index contributed by atoms with van der Waals surface area (Å²) in [5, 5.41) is 9.19. The number of aliphatic hydroxyl groups excluding tert-OH is 1. The fourth-order valence-corrected chi connectivity index (χ4v) is 1.78. The molecule has 0 aromatic rings. The van der Waals surface area contributed by atoms with Crippen molar-refractivity contribution in [2.45, 2.75) is 51.7 Å². The Labute approximate surface area is 102 Å². The summed E-state index contributed by atoms with van der Waals surface area (Å²) in [6.45, 7) is 6.34. The van der Waals surface area contributed by atoms with Crippen LogP contribution in [-0.2, 0) is 4.74 Å². The molecule has 1 heterocycles. The molecule has 5 nitrogen and oxygen atoms in total. The number of amides is 1. The molecule has 1 atom stereocenters. The van der Waals surface area contributed by atoms with Crippen LogP contribution in [0.3, 0.4) is 0 Å². The van der Waals surface area contributed by atoms with Crippen LogP contribution in [0.2, 0.25) is 0 Å². The van der Waals surface area contributed by atoms with E-state index in [0.717, 1.165) is 25.8 Å². The fourth-order valence-electron chi connectivity index (χ4n) is 1.78. The van der Waals surface area contributed by atoms with Crippen molar-refractivity contribution in [2.75, 3.05) is 13.2 Å². The van der Waals surface area contributed by atoms with E-state index in [0.29, 0.717) is 0 Å². The van der Waals surface area contributed by atoms with Crippen LogP contribution in [0.25, 0.3) is 0 Å². The zero-order valence-electron chi connectivity index (χ0n) is 10.8. The summed E-state index contributed by atoms with van der Waals surface area (Å²) < 4.78 is 5.07. The van der Waals surface area contributed by atoms with Gasteiger partial charge in [-0.25, -0.2) is 4.79 Å².